The van der Waals surface area contributed by atoms with Gasteiger partial charge in [-0.05, 0) is 13.3 Å². The van der Waals surface area contributed by atoms with Crippen LogP contribution in [0.3, 0.4) is 0 Å². The molecule has 0 amide bonds. The Morgan fingerprint density at radius 1 is 1.56 bits per heavy atom. The lowest BCUT2D eigenvalue weighted by Gasteiger charge is -2.10. The second-order valence-electron chi connectivity index (χ2n) is 3.72. The lowest BCUT2D eigenvalue weighted by molar-refractivity contribution is -0.141. The van der Waals surface area contributed by atoms with E-state index in [0.29, 0.717) is 17.8 Å². The average Bonchev–Trinajstić information content (AvgIpc) is 2.58. The highest BCUT2D eigenvalue weighted by Gasteiger charge is 2.23. The number of sulfonamides is 1. The average molecular weight is 294 g/mol. The van der Waals surface area contributed by atoms with Gasteiger partial charge in [0.05, 0.1) is 5.92 Å². The molecule has 102 valence electrons. The number of nitrogens with one attached hydrogen (secondary N) is 2. The van der Waals surface area contributed by atoms with Crippen LogP contribution in [0.1, 0.15) is 19.0 Å². The van der Waals surface area contributed by atoms with E-state index in [1.54, 1.807) is 6.92 Å². The number of hydrogen-bond donors (Lipinski definition) is 3. The molecular weight excluding hydrogens is 280 g/mol. The third-order valence-corrected chi connectivity index (χ3v) is 5.42. The van der Waals surface area contributed by atoms with Crippen molar-refractivity contribution >= 4 is 27.3 Å². The molecule has 0 aliphatic carbocycles. The van der Waals surface area contributed by atoms with Crippen LogP contribution in [-0.4, -0.2) is 31.0 Å². The molecule has 7 nitrogen and oxygen atoms in total. The smallest absolute Gasteiger partial charge is 0.307 e. The second kappa shape index (κ2) is 5.63. The summed E-state index contributed by atoms with van der Waals surface area (Å²) in [5.41, 5.74) is 0.251. The number of carboxylic acids is 1. The Balaban J connectivity index is 2.86. The molecule has 0 aromatic carbocycles. The Morgan fingerprint density at radius 2 is 2.17 bits per heavy atom. The molecule has 1 rings (SSSR count). The summed E-state index contributed by atoms with van der Waals surface area (Å²) in [5, 5.41) is 8.81. The van der Waals surface area contributed by atoms with E-state index in [0.717, 1.165) is 0 Å². The monoisotopic (exact) mass is 294 g/mol. The van der Waals surface area contributed by atoms with E-state index in [9.17, 15) is 18.0 Å². The van der Waals surface area contributed by atoms with Crippen molar-refractivity contribution in [2.75, 3.05) is 6.54 Å². The van der Waals surface area contributed by atoms with Crippen LogP contribution >= 0.6 is 11.3 Å². The van der Waals surface area contributed by atoms with Crippen LogP contribution in [0.25, 0.3) is 0 Å². The summed E-state index contributed by atoms with van der Waals surface area (Å²) in [6.07, 6.45) is 0.320. The lowest BCUT2D eigenvalue weighted by Crippen LogP contribution is -2.32. The molecule has 9 heteroatoms. The van der Waals surface area contributed by atoms with Crippen molar-refractivity contribution in [3.05, 3.63) is 15.4 Å². The van der Waals surface area contributed by atoms with Crippen molar-refractivity contribution in [2.24, 2.45) is 5.92 Å². The number of aromatic amines is 1. The van der Waals surface area contributed by atoms with Gasteiger partial charge >= 0.3 is 10.8 Å². The highest BCUT2D eigenvalue weighted by atomic mass is 32.2. The third-order valence-electron chi connectivity index (χ3n) is 2.39. The largest absolute Gasteiger partial charge is 0.481 e. The number of carboxylic acid groups (broad SMARTS) is 1. The maximum absolute atomic E-state index is 11.9. The van der Waals surface area contributed by atoms with Crippen molar-refractivity contribution in [3.8, 4) is 0 Å². The number of thiazole rings is 1. The normalized spacial score (nSPS) is 13.4. The van der Waals surface area contributed by atoms with Gasteiger partial charge in [0.15, 0.2) is 4.21 Å². The summed E-state index contributed by atoms with van der Waals surface area (Å²) >= 11 is 0.580. The van der Waals surface area contributed by atoms with Crippen molar-refractivity contribution in [1.29, 1.82) is 0 Å². The minimum Gasteiger partial charge on any atom is -0.481 e. The molecule has 0 bridgehead atoms. The van der Waals surface area contributed by atoms with Crippen molar-refractivity contribution in [1.82, 2.24) is 9.71 Å². The van der Waals surface area contributed by atoms with Crippen molar-refractivity contribution < 1.29 is 18.3 Å². The van der Waals surface area contributed by atoms with Crippen LogP contribution in [0.2, 0.25) is 0 Å². The summed E-state index contributed by atoms with van der Waals surface area (Å²) in [7, 11) is -3.83. The quantitative estimate of drug-likeness (QED) is 0.689. The Bertz CT molecular complexity index is 586. The first kappa shape index (κ1) is 14.9. The highest BCUT2D eigenvalue weighted by Crippen LogP contribution is 2.15. The fourth-order valence-electron chi connectivity index (χ4n) is 1.33. The molecule has 3 N–H and O–H groups in total. The zero-order valence-corrected chi connectivity index (χ0v) is 11.5. The van der Waals surface area contributed by atoms with E-state index in [1.165, 1.54) is 6.92 Å². The molecular formula is C9H14N2O5S2. The molecule has 1 atom stereocenters. The molecule has 0 saturated carbocycles. The second-order valence-corrected chi connectivity index (χ2v) is 6.67. The maximum Gasteiger partial charge on any atom is 0.307 e. The van der Waals surface area contributed by atoms with Gasteiger partial charge in [-0.2, -0.15) is 0 Å². The maximum atomic E-state index is 11.9. The van der Waals surface area contributed by atoms with E-state index in [1.807, 2.05) is 0 Å². The molecule has 0 aliphatic heterocycles. The Hall–Kier alpha value is -1.19. The predicted octanol–water partition coefficient (Wildman–Crippen LogP) is 0.134. The minimum absolute atomic E-state index is 0.104. The lowest BCUT2D eigenvalue weighted by atomic mass is 10.1. The minimum atomic E-state index is -3.83. The number of H-pyrrole nitrogens is 1. The molecule has 1 aromatic heterocycles. The van der Waals surface area contributed by atoms with Gasteiger partial charge in [0.25, 0.3) is 10.0 Å². The van der Waals surface area contributed by atoms with Crippen molar-refractivity contribution in [3.63, 3.8) is 0 Å². The number of aryl methyl sites for hydroxylation is 1. The van der Waals surface area contributed by atoms with Crippen LogP contribution in [0.15, 0.2) is 9.00 Å². The molecule has 18 heavy (non-hydrogen) atoms. The van der Waals surface area contributed by atoms with Gasteiger partial charge in [0.2, 0.25) is 0 Å². The van der Waals surface area contributed by atoms with Gasteiger partial charge in [-0.3, -0.25) is 9.59 Å². The van der Waals surface area contributed by atoms with Gasteiger partial charge in [0, 0.05) is 12.2 Å². The molecule has 1 aromatic rings. The van der Waals surface area contributed by atoms with E-state index >= 15 is 0 Å². The Morgan fingerprint density at radius 3 is 2.56 bits per heavy atom. The van der Waals surface area contributed by atoms with Crippen LogP contribution < -0.4 is 9.60 Å². The van der Waals surface area contributed by atoms with E-state index < -0.39 is 26.8 Å². The SMILES string of the molecule is CCC(CNS(=O)(=O)c1sc(=O)[nH]c1C)C(=O)O. The number of carbonyl (C=O) groups is 1. The number of aliphatic carboxylic acids is 1. The number of aromatic nitrogens is 1. The van der Waals surface area contributed by atoms with Crippen LogP contribution in [0.5, 0.6) is 0 Å². The van der Waals surface area contributed by atoms with E-state index in [4.69, 9.17) is 5.11 Å². The highest BCUT2D eigenvalue weighted by molar-refractivity contribution is 7.91. The zero-order chi connectivity index (χ0) is 13.9. The zero-order valence-electron chi connectivity index (χ0n) is 9.89. The third kappa shape index (κ3) is 3.40. The van der Waals surface area contributed by atoms with Crippen LogP contribution in [0, 0.1) is 12.8 Å². The van der Waals surface area contributed by atoms with Crippen LogP contribution in [-0.2, 0) is 14.8 Å². The summed E-state index contributed by atoms with van der Waals surface area (Å²) < 4.78 is 25.8. The predicted molar refractivity (Wildman–Crippen MR) is 66.3 cm³/mol. The number of rotatable bonds is 6. The number of hydrogen-bond acceptors (Lipinski definition) is 5. The molecule has 0 aliphatic rings. The van der Waals surface area contributed by atoms with Gasteiger partial charge in [-0.15, -0.1) is 0 Å². The summed E-state index contributed by atoms with van der Waals surface area (Å²) in [6, 6.07) is 0. The Kier molecular flexibility index (Phi) is 4.65. The Labute approximate surface area is 108 Å². The fraction of sp³-hybridized carbons (Fsp3) is 0.556. The van der Waals surface area contributed by atoms with Gasteiger partial charge in [0.1, 0.15) is 0 Å². The first-order valence-corrected chi connectivity index (χ1v) is 7.50. The summed E-state index contributed by atoms with van der Waals surface area (Å²) in [6.45, 7) is 2.94. The van der Waals surface area contributed by atoms with Crippen LogP contribution in [0.4, 0.5) is 0 Å². The molecule has 0 saturated heterocycles. The molecule has 1 heterocycles. The van der Waals surface area contributed by atoms with Gasteiger partial charge < -0.3 is 10.1 Å². The molecule has 0 fully saturated rings. The molecule has 0 spiro atoms. The van der Waals surface area contributed by atoms with E-state index in [2.05, 4.69) is 9.71 Å². The first-order chi connectivity index (χ1) is 8.27. The fourth-order valence-corrected chi connectivity index (χ4v) is 3.75. The molecule has 1 unspecified atom stereocenters. The summed E-state index contributed by atoms with van der Waals surface area (Å²) in [5.74, 6) is -1.84. The summed E-state index contributed by atoms with van der Waals surface area (Å²) in [4.78, 5) is 23.7. The first-order valence-electron chi connectivity index (χ1n) is 5.20. The van der Waals surface area contributed by atoms with Gasteiger partial charge in [-0.1, -0.05) is 18.3 Å². The van der Waals surface area contributed by atoms with Gasteiger partial charge in [-0.25, -0.2) is 13.1 Å². The standard InChI is InChI=1S/C9H14N2O5S2/c1-3-6(7(12)13)4-10-18(15,16)8-5(2)11-9(14)17-8/h6,10H,3-4H2,1-2H3,(H,11,14)(H,12,13). The molecule has 0 radical (unpaired) electrons. The van der Waals surface area contributed by atoms with E-state index in [-0.39, 0.29) is 16.4 Å². The topological polar surface area (TPSA) is 116 Å². The van der Waals surface area contributed by atoms with Crippen molar-refractivity contribution in [2.45, 2.75) is 24.5 Å².